The van der Waals surface area contributed by atoms with Crippen LogP contribution in [0, 0.1) is 12.7 Å². The number of alkyl halides is 3. The Kier molecular flexibility index (Phi) is 5.16. The number of halogens is 4. The molecule has 130 valence electrons. The molecule has 0 N–H and O–H groups in total. The van der Waals surface area contributed by atoms with Gasteiger partial charge in [-0.15, -0.1) is 5.10 Å². The number of esters is 1. The highest BCUT2D eigenvalue weighted by molar-refractivity contribution is 7.99. The second-order valence-electron chi connectivity index (χ2n) is 4.88. The molecule has 0 aliphatic rings. The van der Waals surface area contributed by atoms with Gasteiger partial charge < -0.3 is 4.74 Å². The lowest BCUT2D eigenvalue weighted by Crippen LogP contribution is -2.10. The molecule has 2 rings (SSSR count). The van der Waals surface area contributed by atoms with Crippen LogP contribution in [0.15, 0.2) is 17.3 Å². The predicted octanol–water partition coefficient (Wildman–Crippen LogP) is 3.37. The quantitative estimate of drug-likeness (QED) is 0.474. The molecule has 0 amide bonds. The summed E-state index contributed by atoms with van der Waals surface area (Å²) in [6.07, 6.45) is -4.36. The van der Waals surface area contributed by atoms with E-state index in [0.29, 0.717) is 17.3 Å². The van der Waals surface area contributed by atoms with Gasteiger partial charge in [0.2, 0.25) is 5.16 Å². The first kappa shape index (κ1) is 18.2. The maximum Gasteiger partial charge on any atom is 0.398 e. The molecular formula is C14H13F4N3O2S. The Labute approximate surface area is 139 Å². The average molecular weight is 363 g/mol. The molecule has 0 saturated heterocycles. The lowest BCUT2D eigenvalue weighted by molar-refractivity contribution is -0.105. The zero-order chi connectivity index (χ0) is 18.1. The molecule has 0 spiro atoms. The average Bonchev–Trinajstić information content (AvgIpc) is 2.85. The summed E-state index contributed by atoms with van der Waals surface area (Å²) in [5, 5.41) is 3.70. The minimum absolute atomic E-state index is 0.0160. The van der Waals surface area contributed by atoms with Crippen molar-refractivity contribution in [3.8, 4) is 11.4 Å². The molecule has 0 unspecified atom stereocenters. The minimum Gasteiger partial charge on any atom is -0.465 e. The molecule has 2 aromatic rings. The van der Waals surface area contributed by atoms with E-state index in [4.69, 9.17) is 0 Å². The number of ether oxygens (including phenoxy) is 1. The van der Waals surface area contributed by atoms with Gasteiger partial charge in [-0.2, -0.15) is 13.2 Å². The molecule has 0 saturated carbocycles. The summed E-state index contributed by atoms with van der Waals surface area (Å²) in [6.45, 7) is 1.54. The van der Waals surface area contributed by atoms with Crippen molar-refractivity contribution in [1.82, 2.24) is 14.8 Å². The van der Waals surface area contributed by atoms with Gasteiger partial charge in [-0.3, -0.25) is 0 Å². The van der Waals surface area contributed by atoms with Gasteiger partial charge >= 0.3 is 12.1 Å². The SMILES string of the molecule is COC(=O)c1cc(-c2nc(SCC(F)(F)F)nn2C)c(F)cc1C. The fourth-order valence-electron chi connectivity index (χ4n) is 1.98. The third-order valence-electron chi connectivity index (χ3n) is 3.07. The summed E-state index contributed by atoms with van der Waals surface area (Å²) >= 11 is 0.399. The van der Waals surface area contributed by atoms with E-state index in [1.165, 1.54) is 20.2 Å². The fraction of sp³-hybridized carbons (Fsp3) is 0.357. The van der Waals surface area contributed by atoms with Crippen LogP contribution in [0.25, 0.3) is 11.4 Å². The number of aryl methyl sites for hydroxylation is 2. The Hall–Kier alpha value is -2.10. The summed E-state index contributed by atoms with van der Waals surface area (Å²) in [4.78, 5) is 15.6. The summed E-state index contributed by atoms with van der Waals surface area (Å²) in [6, 6.07) is 2.39. The summed E-state index contributed by atoms with van der Waals surface area (Å²) in [5.74, 6) is -2.45. The molecule has 1 aromatic heterocycles. The highest BCUT2D eigenvalue weighted by Crippen LogP contribution is 2.29. The monoisotopic (exact) mass is 363 g/mol. The van der Waals surface area contributed by atoms with Crippen LogP contribution < -0.4 is 0 Å². The van der Waals surface area contributed by atoms with Crippen LogP contribution in [0.4, 0.5) is 17.6 Å². The molecular weight excluding hydrogens is 350 g/mol. The van der Waals surface area contributed by atoms with E-state index in [1.807, 2.05) is 0 Å². The minimum atomic E-state index is -4.36. The number of thioether (sulfide) groups is 1. The van der Waals surface area contributed by atoms with Gasteiger partial charge in [0.15, 0.2) is 5.82 Å². The highest BCUT2D eigenvalue weighted by Gasteiger charge is 2.28. The fourth-order valence-corrected chi connectivity index (χ4v) is 2.60. The Bertz CT molecular complexity index is 774. The van der Waals surface area contributed by atoms with Gasteiger partial charge in [-0.25, -0.2) is 18.9 Å². The van der Waals surface area contributed by atoms with Crippen molar-refractivity contribution in [2.45, 2.75) is 18.3 Å². The van der Waals surface area contributed by atoms with Gasteiger partial charge in [-0.05, 0) is 24.6 Å². The standard InChI is InChI=1S/C14H13F4N3O2S/c1-7-4-10(15)9(5-8(7)12(22)23-3)11-19-13(20-21(11)2)24-6-14(16,17)18/h4-5H,6H2,1-3H3. The number of benzene rings is 1. The number of carbonyl (C=O) groups is 1. The number of carbonyl (C=O) groups excluding carboxylic acids is 1. The molecule has 0 atom stereocenters. The van der Waals surface area contributed by atoms with Crippen molar-refractivity contribution in [3.05, 3.63) is 29.1 Å². The molecule has 0 radical (unpaired) electrons. The lowest BCUT2D eigenvalue weighted by Gasteiger charge is -2.08. The second-order valence-corrected chi connectivity index (χ2v) is 5.83. The number of nitrogens with zero attached hydrogens (tertiary/aromatic N) is 3. The lowest BCUT2D eigenvalue weighted by atomic mass is 10.0. The number of hydrogen-bond donors (Lipinski definition) is 0. The van der Waals surface area contributed by atoms with Crippen molar-refractivity contribution in [1.29, 1.82) is 0 Å². The number of rotatable bonds is 4. The zero-order valence-electron chi connectivity index (χ0n) is 12.9. The molecule has 1 aromatic carbocycles. The maximum atomic E-state index is 14.2. The van der Waals surface area contributed by atoms with Crippen LogP contribution in [-0.2, 0) is 11.8 Å². The number of hydrogen-bond acceptors (Lipinski definition) is 5. The first-order valence-electron chi connectivity index (χ1n) is 6.62. The first-order valence-corrected chi connectivity index (χ1v) is 7.60. The normalized spacial score (nSPS) is 11.6. The highest BCUT2D eigenvalue weighted by atomic mass is 32.2. The van der Waals surface area contributed by atoms with Gasteiger partial charge in [0.25, 0.3) is 0 Å². The molecule has 1 heterocycles. The van der Waals surface area contributed by atoms with Crippen molar-refractivity contribution >= 4 is 17.7 Å². The largest absolute Gasteiger partial charge is 0.465 e. The van der Waals surface area contributed by atoms with E-state index in [1.54, 1.807) is 6.92 Å². The molecule has 24 heavy (non-hydrogen) atoms. The Morgan fingerprint density at radius 3 is 2.62 bits per heavy atom. The molecule has 0 aliphatic carbocycles. The topological polar surface area (TPSA) is 57.0 Å². The van der Waals surface area contributed by atoms with Crippen molar-refractivity contribution in [2.24, 2.45) is 7.05 Å². The first-order chi connectivity index (χ1) is 11.1. The summed E-state index contributed by atoms with van der Waals surface area (Å²) in [5.41, 5.74) is 0.466. The van der Waals surface area contributed by atoms with Gasteiger partial charge in [0.1, 0.15) is 5.82 Å². The molecule has 0 aliphatic heterocycles. The Morgan fingerprint density at radius 2 is 2.04 bits per heavy atom. The van der Waals surface area contributed by atoms with Crippen molar-refractivity contribution in [3.63, 3.8) is 0 Å². The number of aromatic nitrogens is 3. The van der Waals surface area contributed by atoms with E-state index < -0.39 is 23.7 Å². The molecule has 0 fully saturated rings. The molecule has 0 bridgehead atoms. The third kappa shape index (κ3) is 4.05. The van der Waals surface area contributed by atoms with E-state index in [0.717, 1.165) is 10.7 Å². The van der Waals surface area contributed by atoms with Gasteiger partial charge in [0, 0.05) is 7.05 Å². The molecule has 10 heteroatoms. The van der Waals surface area contributed by atoms with Crippen molar-refractivity contribution in [2.75, 3.05) is 12.9 Å². The van der Waals surface area contributed by atoms with Crippen LogP contribution >= 0.6 is 11.8 Å². The Morgan fingerprint density at radius 1 is 1.38 bits per heavy atom. The van der Waals surface area contributed by atoms with Crippen LogP contribution in [0.5, 0.6) is 0 Å². The van der Waals surface area contributed by atoms with E-state index in [-0.39, 0.29) is 22.1 Å². The molecule has 5 nitrogen and oxygen atoms in total. The van der Waals surface area contributed by atoms with Crippen LogP contribution in [0.2, 0.25) is 0 Å². The third-order valence-corrected chi connectivity index (χ3v) is 3.97. The van der Waals surface area contributed by atoms with Gasteiger partial charge in [0.05, 0.1) is 24.0 Å². The predicted molar refractivity (Wildman–Crippen MR) is 79.3 cm³/mol. The van der Waals surface area contributed by atoms with Crippen LogP contribution in [-0.4, -0.2) is 39.8 Å². The van der Waals surface area contributed by atoms with Crippen LogP contribution in [0.3, 0.4) is 0 Å². The summed E-state index contributed by atoms with van der Waals surface area (Å²) < 4.78 is 56.8. The maximum absolute atomic E-state index is 14.2. The van der Waals surface area contributed by atoms with E-state index in [9.17, 15) is 22.4 Å². The van der Waals surface area contributed by atoms with E-state index >= 15 is 0 Å². The van der Waals surface area contributed by atoms with Crippen LogP contribution in [0.1, 0.15) is 15.9 Å². The Balaban J connectivity index is 2.41. The van der Waals surface area contributed by atoms with Crippen molar-refractivity contribution < 1.29 is 27.1 Å². The van der Waals surface area contributed by atoms with Gasteiger partial charge in [-0.1, -0.05) is 11.8 Å². The van der Waals surface area contributed by atoms with E-state index in [2.05, 4.69) is 14.8 Å². The second kappa shape index (κ2) is 6.80. The summed E-state index contributed by atoms with van der Waals surface area (Å²) in [7, 11) is 2.62. The number of methoxy groups -OCH3 is 1. The smallest absolute Gasteiger partial charge is 0.398 e. The zero-order valence-corrected chi connectivity index (χ0v) is 13.8.